The number of hydrogen-bond donors (Lipinski definition) is 2. The Hall–Kier alpha value is -0.870. The summed E-state index contributed by atoms with van der Waals surface area (Å²) in [5, 5.41) is 2.82. The van der Waals surface area contributed by atoms with Gasteiger partial charge in [-0.1, -0.05) is 23.7 Å². The summed E-state index contributed by atoms with van der Waals surface area (Å²) in [6.45, 7) is 4.11. The average Bonchev–Trinajstić information content (AvgIpc) is 2.69. The van der Waals surface area contributed by atoms with E-state index in [0.29, 0.717) is 0 Å². The lowest BCUT2D eigenvalue weighted by molar-refractivity contribution is 0.644. The summed E-state index contributed by atoms with van der Waals surface area (Å²) >= 11 is 7.97. The minimum absolute atomic E-state index is 0.0388. The smallest absolute Gasteiger partial charge is 0.0819 e. The van der Waals surface area contributed by atoms with E-state index in [1.165, 1.54) is 10.4 Å². The zero-order valence-electron chi connectivity index (χ0n) is 9.83. The lowest BCUT2D eigenvalue weighted by Gasteiger charge is -2.17. The van der Waals surface area contributed by atoms with Crippen molar-refractivity contribution in [3.8, 4) is 0 Å². The number of rotatable bonds is 3. The van der Waals surface area contributed by atoms with Crippen molar-refractivity contribution in [2.45, 2.75) is 19.9 Å². The summed E-state index contributed by atoms with van der Waals surface area (Å²) in [5.74, 6) is 5.67. The highest BCUT2D eigenvalue weighted by Crippen LogP contribution is 2.33. The normalized spacial score (nSPS) is 12.7. The predicted octanol–water partition coefficient (Wildman–Crippen LogP) is 3.57. The first-order chi connectivity index (χ1) is 8.13. The highest BCUT2D eigenvalue weighted by Gasteiger charge is 2.18. The number of benzene rings is 1. The third kappa shape index (κ3) is 2.53. The topological polar surface area (TPSA) is 38.0 Å². The van der Waals surface area contributed by atoms with Crippen molar-refractivity contribution in [2.24, 2.45) is 5.84 Å². The van der Waals surface area contributed by atoms with Crippen LogP contribution < -0.4 is 11.3 Å². The molecule has 0 aliphatic carbocycles. The van der Waals surface area contributed by atoms with Crippen LogP contribution in [0.4, 0.5) is 0 Å². The number of nitrogens with one attached hydrogen (secondary N) is 1. The quantitative estimate of drug-likeness (QED) is 0.658. The van der Waals surface area contributed by atoms with Crippen LogP contribution in [-0.2, 0) is 0 Å². The molecule has 1 atom stereocenters. The van der Waals surface area contributed by atoms with Gasteiger partial charge in [-0.2, -0.15) is 0 Å². The Bertz CT molecular complexity index is 522. The SMILES string of the molecule is Cc1ccc(C(NN)c2sccc2C)c(Cl)c1. The minimum atomic E-state index is -0.0388. The molecule has 0 amide bonds. The Balaban J connectivity index is 2.46. The molecule has 1 unspecified atom stereocenters. The molecule has 0 saturated carbocycles. The third-order valence-electron chi connectivity index (χ3n) is 2.80. The van der Waals surface area contributed by atoms with Crippen LogP contribution in [0.2, 0.25) is 5.02 Å². The average molecular weight is 267 g/mol. The van der Waals surface area contributed by atoms with Crippen molar-refractivity contribution in [1.82, 2.24) is 5.43 Å². The molecule has 1 aromatic carbocycles. The summed E-state index contributed by atoms with van der Waals surface area (Å²) in [6, 6.07) is 8.09. The molecule has 2 aromatic rings. The van der Waals surface area contributed by atoms with Gasteiger partial charge in [0.1, 0.15) is 0 Å². The fourth-order valence-electron chi connectivity index (χ4n) is 1.85. The van der Waals surface area contributed by atoms with Crippen LogP contribution in [0, 0.1) is 13.8 Å². The second kappa shape index (κ2) is 5.19. The van der Waals surface area contributed by atoms with Crippen LogP contribution in [-0.4, -0.2) is 0 Å². The van der Waals surface area contributed by atoms with E-state index in [9.17, 15) is 0 Å². The molecular weight excluding hydrogens is 252 g/mol. The Morgan fingerprint density at radius 3 is 2.59 bits per heavy atom. The number of nitrogens with two attached hydrogens (primary N) is 1. The molecular formula is C13H15ClN2S. The van der Waals surface area contributed by atoms with Gasteiger partial charge < -0.3 is 0 Å². The van der Waals surface area contributed by atoms with Crippen LogP contribution in [0.3, 0.4) is 0 Å². The summed E-state index contributed by atoms with van der Waals surface area (Å²) in [7, 11) is 0. The van der Waals surface area contributed by atoms with E-state index in [1.54, 1.807) is 11.3 Å². The van der Waals surface area contributed by atoms with E-state index in [2.05, 4.69) is 29.9 Å². The molecule has 0 bridgehead atoms. The fraction of sp³-hybridized carbons (Fsp3) is 0.231. The van der Waals surface area contributed by atoms with E-state index in [0.717, 1.165) is 16.1 Å². The summed E-state index contributed by atoms with van der Waals surface area (Å²) in [5.41, 5.74) is 6.25. The predicted molar refractivity (Wildman–Crippen MR) is 74.4 cm³/mol. The van der Waals surface area contributed by atoms with Crippen molar-refractivity contribution in [3.63, 3.8) is 0 Å². The summed E-state index contributed by atoms with van der Waals surface area (Å²) in [4.78, 5) is 1.21. The molecule has 1 aromatic heterocycles. The number of halogens is 1. The van der Waals surface area contributed by atoms with Crippen molar-refractivity contribution >= 4 is 22.9 Å². The van der Waals surface area contributed by atoms with Gasteiger partial charge in [0, 0.05) is 9.90 Å². The summed E-state index contributed by atoms with van der Waals surface area (Å²) in [6.07, 6.45) is 0. The maximum absolute atomic E-state index is 6.28. The van der Waals surface area contributed by atoms with Gasteiger partial charge in [0.15, 0.2) is 0 Å². The molecule has 0 aliphatic heterocycles. The van der Waals surface area contributed by atoms with Crippen molar-refractivity contribution in [2.75, 3.05) is 0 Å². The van der Waals surface area contributed by atoms with Crippen molar-refractivity contribution in [1.29, 1.82) is 0 Å². The van der Waals surface area contributed by atoms with Gasteiger partial charge in [-0.15, -0.1) is 11.3 Å². The fourth-order valence-corrected chi connectivity index (χ4v) is 3.20. The summed E-state index contributed by atoms with van der Waals surface area (Å²) < 4.78 is 0. The second-order valence-electron chi connectivity index (χ2n) is 4.09. The Morgan fingerprint density at radius 2 is 2.06 bits per heavy atom. The van der Waals surface area contributed by atoms with E-state index in [4.69, 9.17) is 17.4 Å². The molecule has 17 heavy (non-hydrogen) atoms. The molecule has 90 valence electrons. The molecule has 4 heteroatoms. The van der Waals surface area contributed by atoms with Crippen molar-refractivity contribution in [3.05, 3.63) is 56.2 Å². The van der Waals surface area contributed by atoms with Gasteiger partial charge in [-0.25, -0.2) is 5.43 Å². The van der Waals surface area contributed by atoms with E-state index in [-0.39, 0.29) is 6.04 Å². The molecule has 0 radical (unpaired) electrons. The lowest BCUT2D eigenvalue weighted by atomic mass is 10.0. The maximum Gasteiger partial charge on any atom is 0.0819 e. The zero-order chi connectivity index (χ0) is 12.4. The highest BCUT2D eigenvalue weighted by atomic mass is 35.5. The second-order valence-corrected chi connectivity index (χ2v) is 5.45. The van der Waals surface area contributed by atoms with Gasteiger partial charge in [0.2, 0.25) is 0 Å². The van der Waals surface area contributed by atoms with Crippen LogP contribution in [0.15, 0.2) is 29.6 Å². The van der Waals surface area contributed by atoms with Crippen molar-refractivity contribution < 1.29 is 0 Å². The van der Waals surface area contributed by atoms with Crippen LogP contribution in [0.1, 0.15) is 27.6 Å². The molecule has 0 fully saturated rings. The van der Waals surface area contributed by atoms with Crippen LogP contribution in [0.25, 0.3) is 0 Å². The Morgan fingerprint density at radius 1 is 1.29 bits per heavy atom. The molecule has 2 nitrogen and oxygen atoms in total. The largest absolute Gasteiger partial charge is 0.271 e. The Kier molecular flexibility index (Phi) is 3.84. The number of hydrogen-bond acceptors (Lipinski definition) is 3. The van der Waals surface area contributed by atoms with Gasteiger partial charge in [0.25, 0.3) is 0 Å². The van der Waals surface area contributed by atoms with Crippen LogP contribution >= 0.6 is 22.9 Å². The number of hydrazine groups is 1. The lowest BCUT2D eigenvalue weighted by Crippen LogP contribution is -2.28. The van der Waals surface area contributed by atoms with Gasteiger partial charge >= 0.3 is 0 Å². The number of thiophene rings is 1. The highest BCUT2D eigenvalue weighted by molar-refractivity contribution is 7.10. The first-order valence-electron chi connectivity index (χ1n) is 5.39. The Labute approximate surface area is 110 Å². The molecule has 0 saturated heterocycles. The minimum Gasteiger partial charge on any atom is -0.271 e. The van der Waals surface area contributed by atoms with Gasteiger partial charge in [0.05, 0.1) is 6.04 Å². The van der Waals surface area contributed by atoms with Gasteiger partial charge in [-0.05, 0) is 48.1 Å². The zero-order valence-corrected chi connectivity index (χ0v) is 11.4. The van der Waals surface area contributed by atoms with E-state index >= 15 is 0 Å². The van der Waals surface area contributed by atoms with E-state index in [1.807, 2.05) is 19.1 Å². The van der Waals surface area contributed by atoms with E-state index < -0.39 is 0 Å². The van der Waals surface area contributed by atoms with Gasteiger partial charge in [-0.3, -0.25) is 5.84 Å². The third-order valence-corrected chi connectivity index (χ3v) is 4.21. The molecule has 0 spiro atoms. The maximum atomic E-state index is 6.28. The first kappa shape index (κ1) is 12.6. The standard InChI is InChI=1S/C13H15ClN2S/c1-8-3-4-10(11(14)7-8)12(16-15)13-9(2)5-6-17-13/h3-7,12,16H,15H2,1-2H3. The molecule has 2 rings (SSSR count). The first-order valence-corrected chi connectivity index (χ1v) is 6.65. The molecule has 3 N–H and O–H groups in total. The number of aryl methyl sites for hydroxylation is 2. The molecule has 0 aliphatic rings. The molecule has 1 heterocycles. The monoisotopic (exact) mass is 266 g/mol. The van der Waals surface area contributed by atoms with Crippen LogP contribution in [0.5, 0.6) is 0 Å².